The largest absolute Gasteiger partial charge is 0.493 e. The molecule has 3 rings (SSSR count). The SMILES string of the molecule is COc1ccc(/C=C\c2cc(OC)c(OC)c(OC)c2)cc1OCc1ccc(CNCCN(C)C)cc1. The molecule has 0 radical (unpaired) electrons. The molecule has 0 heterocycles. The van der Waals surface area contributed by atoms with Gasteiger partial charge in [-0.15, -0.1) is 0 Å². The number of hydrogen-bond acceptors (Lipinski definition) is 7. The molecule has 7 nitrogen and oxygen atoms in total. The molecular formula is C30H38N2O5. The molecule has 3 aromatic rings. The second-order valence-electron chi connectivity index (χ2n) is 8.79. The highest BCUT2D eigenvalue weighted by molar-refractivity contribution is 5.73. The van der Waals surface area contributed by atoms with Crippen LogP contribution >= 0.6 is 0 Å². The lowest BCUT2D eigenvalue weighted by Gasteiger charge is -2.13. The van der Waals surface area contributed by atoms with E-state index in [4.69, 9.17) is 23.7 Å². The van der Waals surface area contributed by atoms with Gasteiger partial charge >= 0.3 is 0 Å². The number of ether oxygens (including phenoxy) is 5. The number of nitrogens with one attached hydrogen (secondary N) is 1. The zero-order chi connectivity index (χ0) is 26.6. The van der Waals surface area contributed by atoms with Crippen LogP contribution in [0, 0.1) is 0 Å². The van der Waals surface area contributed by atoms with E-state index in [0.29, 0.717) is 35.4 Å². The van der Waals surface area contributed by atoms with Crippen LogP contribution in [0.4, 0.5) is 0 Å². The average Bonchev–Trinajstić information content (AvgIpc) is 2.92. The van der Waals surface area contributed by atoms with E-state index in [1.165, 1.54) is 5.56 Å². The van der Waals surface area contributed by atoms with Crippen molar-refractivity contribution in [2.45, 2.75) is 13.2 Å². The minimum absolute atomic E-state index is 0.449. The Labute approximate surface area is 220 Å². The highest BCUT2D eigenvalue weighted by atomic mass is 16.5. The fraction of sp³-hybridized carbons (Fsp3) is 0.333. The van der Waals surface area contributed by atoms with Gasteiger partial charge in [-0.1, -0.05) is 42.5 Å². The van der Waals surface area contributed by atoms with Gasteiger partial charge in [0.2, 0.25) is 5.75 Å². The van der Waals surface area contributed by atoms with Crippen molar-refractivity contribution in [2.75, 3.05) is 55.6 Å². The van der Waals surface area contributed by atoms with Gasteiger partial charge in [-0.3, -0.25) is 0 Å². The van der Waals surface area contributed by atoms with E-state index in [2.05, 4.69) is 48.6 Å². The van der Waals surface area contributed by atoms with E-state index in [9.17, 15) is 0 Å². The lowest BCUT2D eigenvalue weighted by Crippen LogP contribution is -2.26. The molecular weight excluding hydrogens is 468 g/mol. The van der Waals surface area contributed by atoms with Gasteiger partial charge in [0.25, 0.3) is 0 Å². The summed E-state index contributed by atoms with van der Waals surface area (Å²) >= 11 is 0. The van der Waals surface area contributed by atoms with Crippen LogP contribution in [0.3, 0.4) is 0 Å². The molecule has 0 atom stereocenters. The van der Waals surface area contributed by atoms with Crippen molar-refractivity contribution in [2.24, 2.45) is 0 Å². The van der Waals surface area contributed by atoms with Gasteiger partial charge in [0.05, 0.1) is 28.4 Å². The fourth-order valence-corrected chi connectivity index (χ4v) is 3.75. The number of nitrogens with zero attached hydrogens (tertiary/aromatic N) is 1. The molecule has 0 amide bonds. The Balaban J connectivity index is 1.67. The van der Waals surface area contributed by atoms with E-state index in [1.807, 2.05) is 42.5 Å². The van der Waals surface area contributed by atoms with Gasteiger partial charge in [0.15, 0.2) is 23.0 Å². The van der Waals surface area contributed by atoms with Gasteiger partial charge < -0.3 is 33.9 Å². The van der Waals surface area contributed by atoms with Crippen molar-refractivity contribution in [3.63, 3.8) is 0 Å². The van der Waals surface area contributed by atoms with Crippen LogP contribution in [0.25, 0.3) is 12.2 Å². The van der Waals surface area contributed by atoms with Crippen molar-refractivity contribution in [1.82, 2.24) is 10.2 Å². The maximum absolute atomic E-state index is 6.14. The molecule has 198 valence electrons. The van der Waals surface area contributed by atoms with Crippen molar-refractivity contribution in [1.29, 1.82) is 0 Å². The summed E-state index contributed by atoms with van der Waals surface area (Å²) in [5.41, 5.74) is 4.24. The molecule has 0 aliphatic carbocycles. The molecule has 0 fully saturated rings. The Morgan fingerprint density at radius 3 is 1.86 bits per heavy atom. The second-order valence-corrected chi connectivity index (χ2v) is 8.79. The predicted molar refractivity (Wildman–Crippen MR) is 149 cm³/mol. The average molecular weight is 507 g/mol. The number of rotatable bonds is 14. The van der Waals surface area contributed by atoms with E-state index < -0.39 is 0 Å². The van der Waals surface area contributed by atoms with Gasteiger partial charge in [0, 0.05) is 19.6 Å². The van der Waals surface area contributed by atoms with Crippen LogP contribution in [0.15, 0.2) is 54.6 Å². The molecule has 0 aliphatic heterocycles. The molecule has 3 aromatic carbocycles. The molecule has 1 N–H and O–H groups in total. The van der Waals surface area contributed by atoms with Crippen molar-refractivity contribution < 1.29 is 23.7 Å². The molecule has 0 unspecified atom stereocenters. The lowest BCUT2D eigenvalue weighted by atomic mass is 10.1. The maximum atomic E-state index is 6.14. The smallest absolute Gasteiger partial charge is 0.203 e. The first kappa shape index (κ1) is 27.9. The summed E-state index contributed by atoms with van der Waals surface area (Å²) in [4.78, 5) is 2.17. The number of benzene rings is 3. The third-order valence-electron chi connectivity index (χ3n) is 5.83. The zero-order valence-electron chi connectivity index (χ0n) is 22.7. The summed E-state index contributed by atoms with van der Waals surface area (Å²) in [6.07, 6.45) is 3.99. The molecule has 37 heavy (non-hydrogen) atoms. The van der Waals surface area contributed by atoms with Crippen LogP contribution < -0.4 is 29.0 Å². The quantitative estimate of drug-likeness (QED) is 0.240. The van der Waals surface area contributed by atoms with Gasteiger partial charge in [-0.2, -0.15) is 0 Å². The first-order chi connectivity index (χ1) is 18.0. The Morgan fingerprint density at radius 2 is 1.27 bits per heavy atom. The Morgan fingerprint density at radius 1 is 0.676 bits per heavy atom. The molecule has 0 saturated heterocycles. The van der Waals surface area contributed by atoms with Gasteiger partial charge in [0.1, 0.15) is 6.61 Å². The number of hydrogen-bond donors (Lipinski definition) is 1. The van der Waals surface area contributed by atoms with Crippen LogP contribution in [-0.4, -0.2) is 60.5 Å². The first-order valence-electron chi connectivity index (χ1n) is 12.2. The molecule has 0 aromatic heterocycles. The zero-order valence-corrected chi connectivity index (χ0v) is 22.7. The third-order valence-corrected chi connectivity index (χ3v) is 5.83. The lowest BCUT2D eigenvalue weighted by molar-refractivity contribution is 0.284. The summed E-state index contributed by atoms with van der Waals surface area (Å²) in [6.45, 7) is 3.28. The fourth-order valence-electron chi connectivity index (χ4n) is 3.75. The third kappa shape index (κ3) is 8.17. The summed E-state index contributed by atoms with van der Waals surface area (Å²) in [5, 5.41) is 3.46. The summed E-state index contributed by atoms with van der Waals surface area (Å²) in [7, 11) is 10.6. The second kappa shape index (κ2) is 14.2. The van der Waals surface area contributed by atoms with E-state index in [0.717, 1.165) is 36.3 Å². The van der Waals surface area contributed by atoms with Crippen molar-refractivity contribution in [3.8, 4) is 28.7 Å². The minimum Gasteiger partial charge on any atom is -0.493 e. The Kier molecular flexibility index (Phi) is 10.7. The van der Waals surface area contributed by atoms with Gasteiger partial charge in [-0.05, 0) is 60.6 Å². The van der Waals surface area contributed by atoms with E-state index in [-0.39, 0.29) is 0 Å². The summed E-state index contributed by atoms with van der Waals surface area (Å²) in [5.74, 6) is 3.15. The number of methoxy groups -OCH3 is 4. The number of likely N-dealkylation sites (N-methyl/N-ethyl adjacent to an activating group) is 1. The predicted octanol–water partition coefficient (Wildman–Crippen LogP) is 5.12. The molecule has 7 heteroatoms. The highest BCUT2D eigenvalue weighted by Crippen LogP contribution is 2.38. The molecule has 0 bridgehead atoms. The Bertz CT molecular complexity index is 1130. The summed E-state index contributed by atoms with van der Waals surface area (Å²) < 4.78 is 28.0. The van der Waals surface area contributed by atoms with Crippen molar-refractivity contribution >= 4 is 12.2 Å². The first-order valence-corrected chi connectivity index (χ1v) is 12.2. The van der Waals surface area contributed by atoms with Crippen LogP contribution in [-0.2, 0) is 13.2 Å². The molecule has 0 aliphatic rings. The molecule has 0 spiro atoms. The Hall–Kier alpha value is -3.68. The monoisotopic (exact) mass is 506 g/mol. The van der Waals surface area contributed by atoms with Crippen molar-refractivity contribution in [3.05, 3.63) is 76.9 Å². The maximum Gasteiger partial charge on any atom is 0.203 e. The molecule has 0 saturated carbocycles. The standard InChI is InChI=1S/C30H38N2O5/c1-32(2)16-15-31-20-23-8-10-24(11-9-23)21-37-27-17-22(13-14-26(27)33-3)7-12-25-18-28(34-4)30(36-6)29(19-25)35-5/h7-14,17-19,31H,15-16,20-21H2,1-6H3/b12-7-. The van der Waals surface area contributed by atoms with E-state index in [1.54, 1.807) is 28.4 Å². The van der Waals surface area contributed by atoms with Crippen LogP contribution in [0.5, 0.6) is 28.7 Å². The summed E-state index contributed by atoms with van der Waals surface area (Å²) in [6, 6.07) is 18.1. The van der Waals surface area contributed by atoms with Gasteiger partial charge in [-0.25, -0.2) is 0 Å². The highest BCUT2D eigenvalue weighted by Gasteiger charge is 2.12. The van der Waals surface area contributed by atoms with Crippen LogP contribution in [0.2, 0.25) is 0 Å². The van der Waals surface area contributed by atoms with E-state index >= 15 is 0 Å². The minimum atomic E-state index is 0.449. The normalized spacial score (nSPS) is 11.1. The van der Waals surface area contributed by atoms with Crippen LogP contribution in [0.1, 0.15) is 22.3 Å². The topological polar surface area (TPSA) is 61.4 Å².